The molecule has 1 aromatic carbocycles. The molecule has 4 heteroatoms. The van der Waals surface area contributed by atoms with E-state index in [1.807, 2.05) is 13.0 Å². The molecule has 3 nitrogen and oxygen atoms in total. The zero-order valence-corrected chi connectivity index (χ0v) is 8.21. The molecule has 0 saturated carbocycles. The Bertz CT molecular complexity index is 408. The molecule has 1 aromatic heterocycles. The summed E-state index contributed by atoms with van der Waals surface area (Å²) in [6, 6.07) is 6.38. The largest absolute Gasteiger partial charge is 0.328 e. The summed E-state index contributed by atoms with van der Waals surface area (Å²) < 4.78 is 5.02. The van der Waals surface area contributed by atoms with E-state index in [9.17, 15) is 0 Å². The minimum Gasteiger partial charge on any atom is -0.328 e. The highest BCUT2D eigenvalue weighted by Gasteiger charge is 2.01. The molecule has 2 aromatic rings. The maximum absolute atomic E-state index is 5.72. The molecule has 0 fully saturated rings. The lowest BCUT2D eigenvalue weighted by atomic mass is 10.1. The van der Waals surface area contributed by atoms with Gasteiger partial charge in [0.1, 0.15) is 5.52 Å². The average Bonchev–Trinajstić information content (AvgIpc) is 2.49. The molecule has 1 unspecified atom stereocenters. The van der Waals surface area contributed by atoms with E-state index in [1.54, 1.807) is 0 Å². The third kappa shape index (κ3) is 1.84. The molecule has 0 bridgehead atoms. The molecule has 0 amide bonds. The van der Waals surface area contributed by atoms with Crippen LogP contribution in [0.25, 0.3) is 10.2 Å². The van der Waals surface area contributed by atoms with Crippen LogP contribution in [0.3, 0.4) is 0 Å². The zero-order valence-electron chi connectivity index (χ0n) is 7.40. The molecular weight excluding hydrogens is 182 g/mol. The van der Waals surface area contributed by atoms with Gasteiger partial charge in [-0.3, -0.25) is 0 Å². The van der Waals surface area contributed by atoms with E-state index in [1.165, 1.54) is 17.1 Å². The van der Waals surface area contributed by atoms with Crippen molar-refractivity contribution in [2.45, 2.75) is 19.4 Å². The van der Waals surface area contributed by atoms with E-state index in [2.05, 4.69) is 21.7 Å². The predicted octanol–water partition coefficient (Wildman–Crippen LogP) is 1.58. The summed E-state index contributed by atoms with van der Waals surface area (Å²) in [7, 11) is 0. The predicted molar refractivity (Wildman–Crippen MR) is 54.8 cm³/mol. The molecule has 0 spiro atoms. The molecule has 0 saturated heterocycles. The van der Waals surface area contributed by atoms with Gasteiger partial charge in [0.25, 0.3) is 0 Å². The van der Waals surface area contributed by atoms with Crippen molar-refractivity contribution >= 4 is 21.7 Å². The van der Waals surface area contributed by atoms with Crippen LogP contribution in [-0.4, -0.2) is 15.6 Å². The van der Waals surface area contributed by atoms with Crippen molar-refractivity contribution in [3.05, 3.63) is 23.8 Å². The Balaban J connectivity index is 2.37. The Morgan fingerprint density at radius 3 is 3.15 bits per heavy atom. The Morgan fingerprint density at radius 2 is 2.38 bits per heavy atom. The van der Waals surface area contributed by atoms with Gasteiger partial charge in [0.15, 0.2) is 0 Å². The Labute approximate surface area is 80.7 Å². The first-order chi connectivity index (χ1) is 6.25. The molecule has 1 atom stereocenters. The van der Waals surface area contributed by atoms with Gasteiger partial charge in [0.2, 0.25) is 0 Å². The van der Waals surface area contributed by atoms with Crippen LogP contribution in [0.5, 0.6) is 0 Å². The second kappa shape index (κ2) is 3.40. The number of hydrogen-bond donors (Lipinski definition) is 1. The van der Waals surface area contributed by atoms with Crippen LogP contribution < -0.4 is 5.73 Å². The lowest BCUT2D eigenvalue weighted by Gasteiger charge is -2.03. The van der Waals surface area contributed by atoms with Crippen molar-refractivity contribution in [2.24, 2.45) is 5.73 Å². The number of rotatable bonds is 2. The average molecular weight is 193 g/mol. The van der Waals surface area contributed by atoms with Crippen LogP contribution in [0.1, 0.15) is 12.5 Å². The van der Waals surface area contributed by atoms with E-state index >= 15 is 0 Å². The van der Waals surface area contributed by atoms with Crippen LogP contribution in [0.2, 0.25) is 0 Å². The smallest absolute Gasteiger partial charge is 0.105 e. The van der Waals surface area contributed by atoms with Crippen molar-refractivity contribution in [3.8, 4) is 0 Å². The minimum absolute atomic E-state index is 0.207. The zero-order chi connectivity index (χ0) is 9.26. The Morgan fingerprint density at radius 1 is 1.54 bits per heavy atom. The van der Waals surface area contributed by atoms with Gasteiger partial charge >= 0.3 is 0 Å². The number of benzene rings is 1. The first-order valence-corrected chi connectivity index (χ1v) is 4.99. The van der Waals surface area contributed by atoms with Gasteiger partial charge in [0.05, 0.1) is 4.70 Å². The van der Waals surface area contributed by atoms with Gasteiger partial charge in [-0.25, -0.2) is 0 Å². The van der Waals surface area contributed by atoms with Crippen molar-refractivity contribution < 1.29 is 0 Å². The minimum atomic E-state index is 0.207. The molecule has 1 heterocycles. The third-order valence-electron chi connectivity index (χ3n) is 1.87. The SMILES string of the molecule is CC(N)Cc1ccc2nnsc2c1. The summed E-state index contributed by atoms with van der Waals surface area (Å²) in [5.41, 5.74) is 7.94. The van der Waals surface area contributed by atoms with Crippen molar-refractivity contribution in [2.75, 3.05) is 0 Å². The topological polar surface area (TPSA) is 51.8 Å². The summed E-state index contributed by atoms with van der Waals surface area (Å²) in [4.78, 5) is 0. The van der Waals surface area contributed by atoms with E-state index in [0.29, 0.717) is 0 Å². The van der Waals surface area contributed by atoms with Crippen molar-refractivity contribution in [1.82, 2.24) is 9.59 Å². The quantitative estimate of drug-likeness (QED) is 0.787. The Kier molecular flexibility index (Phi) is 2.24. The standard InChI is InChI=1S/C9H11N3S/c1-6(10)4-7-2-3-8-9(5-7)13-12-11-8/h2-3,5-6H,4,10H2,1H3. The van der Waals surface area contributed by atoms with Crippen LogP contribution in [0.4, 0.5) is 0 Å². The molecule has 13 heavy (non-hydrogen) atoms. The number of aromatic nitrogens is 2. The van der Waals surface area contributed by atoms with Gasteiger partial charge in [-0.15, -0.1) is 5.10 Å². The lowest BCUT2D eigenvalue weighted by molar-refractivity contribution is 0.739. The summed E-state index contributed by atoms with van der Waals surface area (Å²) in [6.45, 7) is 2.01. The highest BCUT2D eigenvalue weighted by molar-refractivity contribution is 7.12. The number of fused-ring (bicyclic) bond motifs is 1. The Hall–Kier alpha value is -1.00. The lowest BCUT2D eigenvalue weighted by Crippen LogP contribution is -2.17. The fraction of sp³-hybridized carbons (Fsp3) is 0.333. The monoisotopic (exact) mass is 193 g/mol. The van der Waals surface area contributed by atoms with Gasteiger partial charge in [-0.1, -0.05) is 10.6 Å². The molecule has 0 radical (unpaired) electrons. The number of hydrogen-bond acceptors (Lipinski definition) is 4. The van der Waals surface area contributed by atoms with E-state index < -0.39 is 0 Å². The highest BCUT2D eigenvalue weighted by Crippen LogP contribution is 2.17. The summed E-state index contributed by atoms with van der Waals surface area (Å²) in [5.74, 6) is 0. The maximum atomic E-state index is 5.72. The van der Waals surface area contributed by atoms with Crippen LogP contribution >= 0.6 is 11.5 Å². The van der Waals surface area contributed by atoms with Gasteiger partial charge in [-0.05, 0) is 42.6 Å². The van der Waals surface area contributed by atoms with Crippen LogP contribution in [-0.2, 0) is 6.42 Å². The normalized spacial score (nSPS) is 13.4. The van der Waals surface area contributed by atoms with Crippen molar-refractivity contribution in [3.63, 3.8) is 0 Å². The van der Waals surface area contributed by atoms with Gasteiger partial charge < -0.3 is 5.73 Å². The molecule has 0 aliphatic heterocycles. The first kappa shape index (κ1) is 8.59. The van der Waals surface area contributed by atoms with E-state index in [-0.39, 0.29) is 6.04 Å². The summed E-state index contributed by atoms with van der Waals surface area (Å²) in [6.07, 6.45) is 0.911. The van der Waals surface area contributed by atoms with Gasteiger partial charge in [-0.2, -0.15) is 0 Å². The number of nitrogens with two attached hydrogens (primary N) is 1. The second-order valence-electron chi connectivity index (χ2n) is 3.26. The number of nitrogens with zero attached hydrogens (tertiary/aromatic N) is 2. The highest BCUT2D eigenvalue weighted by atomic mass is 32.1. The van der Waals surface area contributed by atoms with E-state index in [0.717, 1.165) is 16.6 Å². The molecule has 0 aliphatic carbocycles. The molecule has 2 rings (SSSR count). The first-order valence-electron chi connectivity index (χ1n) is 4.22. The molecule has 68 valence electrons. The maximum Gasteiger partial charge on any atom is 0.105 e. The molecule has 0 aliphatic rings. The fourth-order valence-corrected chi connectivity index (χ4v) is 1.94. The van der Waals surface area contributed by atoms with Gasteiger partial charge in [0, 0.05) is 6.04 Å². The summed E-state index contributed by atoms with van der Waals surface area (Å²) in [5, 5.41) is 3.98. The third-order valence-corrected chi connectivity index (χ3v) is 2.56. The van der Waals surface area contributed by atoms with Crippen molar-refractivity contribution in [1.29, 1.82) is 0 Å². The fourth-order valence-electron chi connectivity index (χ4n) is 1.32. The van der Waals surface area contributed by atoms with Crippen LogP contribution in [0, 0.1) is 0 Å². The molecular formula is C9H11N3S. The summed E-state index contributed by atoms with van der Waals surface area (Å²) >= 11 is 1.43. The second-order valence-corrected chi connectivity index (χ2v) is 4.04. The van der Waals surface area contributed by atoms with E-state index in [4.69, 9.17) is 5.73 Å². The molecule has 2 N–H and O–H groups in total. The van der Waals surface area contributed by atoms with Crippen LogP contribution in [0.15, 0.2) is 18.2 Å².